The van der Waals surface area contributed by atoms with E-state index in [1.54, 1.807) is 5.57 Å². The molecule has 116 valence electrons. The highest BCUT2D eigenvalue weighted by Gasteiger charge is 2.23. The van der Waals surface area contributed by atoms with Gasteiger partial charge < -0.3 is 10.2 Å². The molecule has 0 atom stereocenters. The lowest BCUT2D eigenvalue weighted by Gasteiger charge is -2.34. The summed E-state index contributed by atoms with van der Waals surface area (Å²) >= 11 is 0. The van der Waals surface area contributed by atoms with Crippen LogP contribution in [0.25, 0.3) is 0 Å². The van der Waals surface area contributed by atoms with Crippen molar-refractivity contribution >= 4 is 5.82 Å². The first-order valence-electron chi connectivity index (χ1n) is 7.89. The van der Waals surface area contributed by atoms with Crippen LogP contribution in [-0.4, -0.2) is 25.1 Å². The number of hydrogen-bond donors (Lipinski definition) is 1. The Kier molecular flexibility index (Phi) is 4.72. The summed E-state index contributed by atoms with van der Waals surface area (Å²) in [5.41, 5.74) is 5.62. The van der Waals surface area contributed by atoms with Crippen molar-refractivity contribution in [2.75, 3.05) is 25.0 Å². The molecule has 1 aromatic heterocycles. The van der Waals surface area contributed by atoms with E-state index in [1.807, 2.05) is 7.05 Å². The lowest BCUT2D eigenvalue weighted by molar-refractivity contribution is 0.472. The number of aromatic nitrogens is 1. The van der Waals surface area contributed by atoms with Crippen molar-refractivity contribution in [1.29, 1.82) is 0 Å². The average Bonchev–Trinajstić information content (AvgIpc) is 2.41. The van der Waals surface area contributed by atoms with E-state index in [-0.39, 0.29) is 5.41 Å². The topological polar surface area (TPSA) is 28.2 Å². The molecule has 3 heteroatoms. The summed E-state index contributed by atoms with van der Waals surface area (Å²) in [7, 11) is 2.00. The molecular weight excluding hydrogens is 258 g/mol. The van der Waals surface area contributed by atoms with E-state index < -0.39 is 0 Å². The van der Waals surface area contributed by atoms with Gasteiger partial charge in [0.1, 0.15) is 5.82 Å². The number of anilines is 1. The number of aryl methyl sites for hydroxylation is 2. The Morgan fingerprint density at radius 1 is 1.29 bits per heavy atom. The van der Waals surface area contributed by atoms with Gasteiger partial charge in [0, 0.05) is 30.9 Å². The van der Waals surface area contributed by atoms with Crippen LogP contribution in [0.1, 0.15) is 44.0 Å². The second-order valence-electron chi connectivity index (χ2n) is 7.09. The standard InChI is InChI=1S/C18H29N3/c1-13-11-14(2)20-17(16(13)12-19-6)21-9-7-15(8-10-21)18(3,4)5/h7,11,19H,8-10,12H2,1-6H3. The van der Waals surface area contributed by atoms with Gasteiger partial charge in [-0.15, -0.1) is 0 Å². The molecule has 0 amide bonds. The molecule has 1 aromatic rings. The van der Waals surface area contributed by atoms with Gasteiger partial charge in [0.05, 0.1) is 0 Å². The van der Waals surface area contributed by atoms with Gasteiger partial charge in [-0.25, -0.2) is 4.98 Å². The van der Waals surface area contributed by atoms with E-state index >= 15 is 0 Å². The van der Waals surface area contributed by atoms with E-state index in [1.165, 1.54) is 11.1 Å². The van der Waals surface area contributed by atoms with Crippen LogP contribution in [0, 0.1) is 19.3 Å². The van der Waals surface area contributed by atoms with Crippen molar-refractivity contribution in [3.8, 4) is 0 Å². The van der Waals surface area contributed by atoms with Crippen molar-refractivity contribution < 1.29 is 0 Å². The van der Waals surface area contributed by atoms with Crippen LogP contribution >= 0.6 is 0 Å². The Hall–Kier alpha value is -1.35. The number of hydrogen-bond acceptors (Lipinski definition) is 3. The highest BCUT2D eigenvalue weighted by Crippen LogP contribution is 2.32. The SMILES string of the molecule is CNCc1c(C)cc(C)nc1N1CC=C(C(C)(C)C)CC1. The smallest absolute Gasteiger partial charge is 0.133 e. The minimum atomic E-state index is 0.288. The molecule has 0 saturated carbocycles. The third kappa shape index (κ3) is 3.65. The Morgan fingerprint density at radius 2 is 2.00 bits per heavy atom. The molecule has 0 saturated heterocycles. The predicted octanol–water partition coefficient (Wildman–Crippen LogP) is 3.60. The van der Waals surface area contributed by atoms with Gasteiger partial charge in [-0.1, -0.05) is 32.4 Å². The summed E-state index contributed by atoms with van der Waals surface area (Å²) in [6.07, 6.45) is 3.53. The zero-order chi connectivity index (χ0) is 15.6. The summed E-state index contributed by atoms with van der Waals surface area (Å²) in [4.78, 5) is 7.24. The maximum atomic E-state index is 4.82. The first kappa shape index (κ1) is 16.0. The number of nitrogens with zero attached hydrogens (tertiary/aromatic N) is 2. The molecule has 0 aliphatic carbocycles. The van der Waals surface area contributed by atoms with E-state index in [9.17, 15) is 0 Å². The zero-order valence-electron chi connectivity index (χ0n) is 14.4. The lowest BCUT2D eigenvalue weighted by Crippen LogP contribution is -2.33. The summed E-state index contributed by atoms with van der Waals surface area (Å²) < 4.78 is 0. The molecule has 0 fully saturated rings. The van der Waals surface area contributed by atoms with Crippen LogP contribution in [0.15, 0.2) is 17.7 Å². The zero-order valence-corrected chi connectivity index (χ0v) is 14.4. The molecular formula is C18H29N3. The van der Waals surface area contributed by atoms with Gasteiger partial charge in [-0.05, 0) is 44.4 Å². The minimum absolute atomic E-state index is 0.288. The van der Waals surface area contributed by atoms with Crippen molar-refractivity contribution in [2.24, 2.45) is 5.41 Å². The van der Waals surface area contributed by atoms with E-state index in [0.717, 1.165) is 37.6 Å². The van der Waals surface area contributed by atoms with Crippen LogP contribution in [0.3, 0.4) is 0 Å². The molecule has 0 unspecified atom stereocenters. The monoisotopic (exact) mass is 287 g/mol. The molecule has 2 rings (SSSR count). The van der Waals surface area contributed by atoms with Gasteiger partial charge in [-0.3, -0.25) is 0 Å². The fourth-order valence-electron chi connectivity index (χ4n) is 3.04. The third-order valence-corrected chi connectivity index (χ3v) is 4.28. The second kappa shape index (κ2) is 6.18. The Morgan fingerprint density at radius 3 is 2.52 bits per heavy atom. The molecule has 0 radical (unpaired) electrons. The van der Waals surface area contributed by atoms with Gasteiger partial charge >= 0.3 is 0 Å². The van der Waals surface area contributed by atoms with Crippen LogP contribution < -0.4 is 10.2 Å². The van der Waals surface area contributed by atoms with Crippen molar-refractivity contribution in [3.63, 3.8) is 0 Å². The second-order valence-corrected chi connectivity index (χ2v) is 7.09. The lowest BCUT2D eigenvalue weighted by atomic mass is 9.83. The van der Waals surface area contributed by atoms with E-state index in [4.69, 9.17) is 4.98 Å². The maximum absolute atomic E-state index is 4.82. The predicted molar refractivity (Wildman–Crippen MR) is 90.8 cm³/mol. The van der Waals surface area contributed by atoms with Gasteiger partial charge in [0.15, 0.2) is 0 Å². The average molecular weight is 287 g/mol. The molecule has 0 aromatic carbocycles. The fourth-order valence-corrected chi connectivity index (χ4v) is 3.04. The molecule has 21 heavy (non-hydrogen) atoms. The van der Waals surface area contributed by atoms with E-state index in [0.29, 0.717) is 0 Å². The van der Waals surface area contributed by atoms with Crippen LogP contribution in [0.4, 0.5) is 5.82 Å². The van der Waals surface area contributed by atoms with Gasteiger partial charge in [0.25, 0.3) is 0 Å². The number of nitrogens with one attached hydrogen (secondary N) is 1. The summed E-state index contributed by atoms with van der Waals surface area (Å²) in [5, 5.41) is 3.27. The molecule has 0 spiro atoms. The molecule has 3 nitrogen and oxygen atoms in total. The van der Waals surface area contributed by atoms with E-state index in [2.05, 4.69) is 57.0 Å². The first-order valence-corrected chi connectivity index (χ1v) is 7.89. The number of rotatable bonds is 3. The highest BCUT2D eigenvalue weighted by atomic mass is 15.2. The first-order chi connectivity index (χ1) is 9.82. The van der Waals surface area contributed by atoms with Gasteiger partial charge in [0.2, 0.25) is 0 Å². The van der Waals surface area contributed by atoms with Gasteiger partial charge in [-0.2, -0.15) is 0 Å². The summed E-state index contributed by atoms with van der Waals surface area (Å²) in [5.74, 6) is 1.16. The van der Waals surface area contributed by atoms with Crippen molar-refractivity contribution in [1.82, 2.24) is 10.3 Å². The Labute approximate surface area is 129 Å². The summed E-state index contributed by atoms with van der Waals surface area (Å²) in [6.45, 7) is 14.1. The van der Waals surface area contributed by atoms with Crippen molar-refractivity contribution in [3.05, 3.63) is 34.5 Å². The summed E-state index contributed by atoms with van der Waals surface area (Å²) in [6, 6.07) is 2.18. The third-order valence-electron chi connectivity index (χ3n) is 4.28. The molecule has 2 heterocycles. The molecule has 1 aliphatic heterocycles. The van der Waals surface area contributed by atoms with Crippen LogP contribution in [0.2, 0.25) is 0 Å². The van der Waals surface area contributed by atoms with Crippen LogP contribution in [0.5, 0.6) is 0 Å². The normalized spacial score (nSPS) is 16.1. The van der Waals surface area contributed by atoms with Crippen molar-refractivity contribution in [2.45, 2.75) is 47.6 Å². The molecule has 1 N–H and O–H groups in total. The minimum Gasteiger partial charge on any atom is -0.352 e. The highest BCUT2D eigenvalue weighted by molar-refractivity contribution is 5.53. The number of pyridine rings is 1. The maximum Gasteiger partial charge on any atom is 0.133 e. The molecule has 0 bridgehead atoms. The fraction of sp³-hybridized carbons (Fsp3) is 0.611. The molecule has 1 aliphatic rings. The Balaban J connectivity index is 2.30. The largest absolute Gasteiger partial charge is 0.352 e. The quantitative estimate of drug-likeness (QED) is 0.861. The Bertz CT molecular complexity index is 538. The van der Waals surface area contributed by atoms with Crippen LogP contribution in [-0.2, 0) is 6.54 Å².